The van der Waals surface area contributed by atoms with Gasteiger partial charge in [-0.25, -0.2) is 0 Å². The summed E-state index contributed by atoms with van der Waals surface area (Å²) in [5.74, 6) is 0.227. The van der Waals surface area contributed by atoms with Gasteiger partial charge in [-0.15, -0.1) is 0 Å². The molecule has 25 heavy (non-hydrogen) atoms. The molecule has 1 amide bonds. The lowest BCUT2D eigenvalue weighted by Crippen LogP contribution is -2.55. The van der Waals surface area contributed by atoms with Crippen molar-refractivity contribution >= 4 is 5.91 Å². The molecule has 1 saturated carbocycles. The number of piperazine rings is 1. The van der Waals surface area contributed by atoms with Gasteiger partial charge >= 0.3 is 0 Å². The number of carbonyl (C=O) groups is 1. The summed E-state index contributed by atoms with van der Waals surface area (Å²) < 4.78 is 0. The van der Waals surface area contributed by atoms with Crippen molar-refractivity contribution in [1.82, 2.24) is 15.1 Å². The lowest BCUT2D eigenvalue weighted by atomic mass is 9.95. The zero-order valence-electron chi connectivity index (χ0n) is 15.6. The number of rotatable bonds is 6. The fourth-order valence-corrected chi connectivity index (χ4v) is 4.04. The lowest BCUT2D eigenvalue weighted by molar-refractivity contribution is -0.127. The van der Waals surface area contributed by atoms with Gasteiger partial charge in [0.25, 0.3) is 0 Å². The van der Waals surface area contributed by atoms with Gasteiger partial charge in [-0.05, 0) is 31.7 Å². The Balaban J connectivity index is 1.38. The molecule has 0 bridgehead atoms. The Kier molecular flexibility index (Phi) is 6.88. The molecular formula is C21H33N3O. The highest BCUT2D eigenvalue weighted by molar-refractivity contribution is 5.81. The highest BCUT2D eigenvalue weighted by Crippen LogP contribution is 2.18. The Hall–Kier alpha value is -1.39. The molecule has 1 aliphatic heterocycles. The molecule has 0 radical (unpaired) electrons. The van der Waals surface area contributed by atoms with E-state index in [0.29, 0.717) is 6.04 Å². The van der Waals surface area contributed by atoms with E-state index in [0.717, 1.165) is 52.0 Å². The second kappa shape index (κ2) is 9.35. The van der Waals surface area contributed by atoms with E-state index in [1.54, 1.807) is 0 Å². The lowest BCUT2D eigenvalue weighted by Gasteiger charge is -2.38. The molecule has 1 aromatic carbocycles. The maximum Gasteiger partial charge on any atom is 0.237 e. The van der Waals surface area contributed by atoms with Gasteiger partial charge in [-0.1, -0.05) is 49.6 Å². The van der Waals surface area contributed by atoms with Crippen LogP contribution in [-0.4, -0.2) is 60.5 Å². The summed E-state index contributed by atoms with van der Waals surface area (Å²) in [5.41, 5.74) is 1.41. The minimum atomic E-state index is -0.00167. The van der Waals surface area contributed by atoms with E-state index in [2.05, 4.69) is 52.4 Å². The third kappa shape index (κ3) is 5.55. The number of hydrogen-bond acceptors (Lipinski definition) is 3. The monoisotopic (exact) mass is 343 g/mol. The summed E-state index contributed by atoms with van der Waals surface area (Å²) >= 11 is 0. The quantitative estimate of drug-likeness (QED) is 0.863. The van der Waals surface area contributed by atoms with Crippen LogP contribution in [0.5, 0.6) is 0 Å². The number of hydrogen-bond donors (Lipinski definition) is 1. The third-order valence-electron chi connectivity index (χ3n) is 5.85. The molecule has 1 aromatic rings. The summed E-state index contributed by atoms with van der Waals surface area (Å²) in [6.07, 6.45) is 7.28. The van der Waals surface area contributed by atoms with E-state index in [1.807, 2.05) is 0 Å². The van der Waals surface area contributed by atoms with E-state index < -0.39 is 0 Å². The molecule has 1 aliphatic carbocycles. The molecule has 138 valence electrons. The standard InChI is InChI=1S/C21H33N3O/c1-18(21(25)22-20-10-6-3-7-11-20)24-16-14-23(15-17-24)13-12-19-8-4-2-5-9-19/h2,4-5,8-9,18,20H,3,6-7,10-17H2,1H3,(H,22,25)/t18-/m0/s1. The highest BCUT2D eigenvalue weighted by atomic mass is 16.2. The van der Waals surface area contributed by atoms with Gasteiger partial charge in [-0.2, -0.15) is 0 Å². The zero-order valence-corrected chi connectivity index (χ0v) is 15.6. The van der Waals surface area contributed by atoms with Crippen LogP contribution in [0.2, 0.25) is 0 Å². The maximum atomic E-state index is 12.5. The topological polar surface area (TPSA) is 35.6 Å². The molecule has 0 unspecified atom stereocenters. The molecule has 3 rings (SSSR count). The molecule has 1 heterocycles. The fourth-order valence-electron chi connectivity index (χ4n) is 4.04. The van der Waals surface area contributed by atoms with Crippen LogP contribution in [0.1, 0.15) is 44.6 Å². The summed E-state index contributed by atoms with van der Waals surface area (Å²) in [7, 11) is 0. The number of amides is 1. The molecule has 2 fully saturated rings. The highest BCUT2D eigenvalue weighted by Gasteiger charge is 2.27. The van der Waals surface area contributed by atoms with E-state index in [-0.39, 0.29) is 11.9 Å². The van der Waals surface area contributed by atoms with Crippen LogP contribution in [0, 0.1) is 0 Å². The molecule has 4 heteroatoms. The van der Waals surface area contributed by atoms with Gasteiger partial charge in [0.2, 0.25) is 5.91 Å². The Morgan fingerprint density at radius 2 is 1.76 bits per heavy atom. The summed E-state index contributed by atoms with van der Waals surface area (Å²) in [6.45, 7) is 7.29. The van der Waals surface area contributed by atoms with Crippen molar-refractivity contribution < 1.29 is 4.79 Å². The van der Waals surface area contributed by atoms with Crippen molar-refractivity contribution in [1.29, 1.82) is 0 Å². The summed E-state index contributed by atoms with van der Waals surface area (Å²) in [5, 5.41) is 3.28. The minimum absolute atomic E-state index is 0.00167. The molecule has 0 spiro atoms. The normalized spacial score (nSPS) is 21.8. The number of nitrogens with zero attached hydrogens (tertiary/aromatic N) is 2. The van der Waals surface area contributed by atoms with Crippen molar-refractivity contribution in [2.24, 2.45) is 0 Å². The Bertz CT molecular complexity index is 519. The van der Waals surface area contributed by atoms with Crippen molar-refractivity contribution in [3.8, 4) is 0 Å². The van der Waals surface area contributed by atoms with E-state index >= 15 is 0 Å². The second-order valence-electron chi connectivity index (χ2n) is 7.63. The van der Waals surface area contributed by atoms with Gasteiger partial charge in [0, 0.05) is 38.8 Å². The zero-order chi connectivity index (χ0) is 17.5. The van der Waals surface area contributed by atoms with Crippen LogP contribution in [0.4, 0.5) is 0 Å². The van der Waals surface area contributed by atoms with Crippen LogP contribution in [0.3, 0.4) is 0 Å². The average molecular weight is 344 g/mol. The first-order chi connectivity index (χ1) is 12.2. The van der Waals surface area contributed by atoms with Crippen LogP contribution in [0.15, 0.2) is 30.3 Å². The average Bonchev–Trinajstić information content (AvgIpc) is 2.68. The molecule has 1 atom stereocenters. The third-order valence-corrected chi connectivity index (χ3v) is 5.85. The van der Waals surface area contributed by atoms with Crippen molar-refractivity contribution in [3.05, 3.63) is 35.9 Å². The first-order valence-corrected chi connectivity index (χ1v) is 10.0. The van der Waals surface area contributed by atoms with Crippen LogP contribution >= 0.6 is 0 Å². The van der Waals surface area contributed by atoms with Crippen LogP contribution < -0.4 is 5.32 Å². The predicted molar refractivity (Wildman–Crippen MR) is 103 cm³/mol. The van der Waals surface area contributed by atoms with Gasteiger partial charge in [0.1, 0.15) is 0 Å². The van der Waals surface area contributed by atoms with Gasteiger partial charge in [0.15, 0.2) is 0 Å². The van der Waals surface area contributed by atoms with E-state index in [9.17, 15) is 4.79 Å². The number of nitrogens with one attached hydrogen (secondary N) is 1. The largest absolute Gasteiger partial charge is 0.352 e. The van der Waals surface area contributed by atoms with E-state index in [4.69, 9.17) is 0 Å². The molecule has 0 aromatic heterocycles. The first-order valence-electron chi connectivity index (χ1n) is 10.0. The van der Waals surface area contributed by atoms with Crippen LogP contribution in [-0.2, 0) is 11.2 Å². The summed E-state index contributed by atoms with van der Waals surface area (Å²) in [6, 6.07) is 11.1. The molecule has 4 nitrogen and oxygen atoms in total. The molecule has 1 saturated heterocycles. The Morgan fingerprint density at radius 1 is 1.08 bits per heavy atom. The Morgan fingerprint density at radius 3 is 2.44 bits per heavy atom. The molecular weight excluding hydrogens is 310 g/mol. The van der Waals surface area contributed by atoms with Crippen molar-refractivity contribution in [2.45, 2.75) is 57.5 Å². The molecule has 2 aliphatic rings. The summed E-state index contributed by atoms with van der Waals surface area (Å²) in [4.78, 5) is 17.4. The van der Waals surface area contributed by atoms with Crippen molar-refractivity contribution in [2.75, 3.05) is 32.7 Å². The maximum absolute atomic E-state index is 12.5. The van der Waals surface area contributed by atoms with E-state index in [1.165, 1.54) is 24.8 Å². The number of carbonyl (C=O) groups excluding carboxylic acids is 1. The van der Waals surface area contributed by atoms with Gasteiger partial charge < -0.3 is 10.2 Å². The second-order valence-corrected chi connectivity index (χ2v) is 7.63. The molecule has 1 N–H and O–H groups in total. The fraction of sp³-hybridized carbons (Fsp3) is 0.667. The first kappa shape index (κ1) is 18.4. The SMILES string of the molecule is C[C@@H](C(=O)NC1CCCCC1)N1CCN(CCc2ccccc2)CC1. The Labute approximate surface area is 152 Å². The smallest absolute Gasteiger partial charge is 0.237 e. The number of benzene rings is 1. The predicted octanol–water partition coefficient (Wildman–Crippen LogP) is 2.68. The van der Waals surface area contributed by atoms with Gasteiger partial charge in [0.05, 0.1) is 6.04 Å². The minimum Gasteiger partial charge on any atom is -0.352 e. The van der Waals surface area contributed by atoms with Crippen LogP contribution in [0.25, 0.3) is 0 Å². The van der Waals surface area contributed by atoms with Crippen molar-refractivity contribution in [3.63, 3.8) is 0 Å². The van der Waals surface area contributed by atoms with Gasteiger partial charge in [-0.3, -0.25) is 9.69 Å².